The van der Waals surface area contributed by atoms with Crippen molar-refractivity contribution in [2.24, 2.45) is 5.92 Å². The molecule has 0 radical (unpaired) electrons. The molecular formula is C14H12BrNO2S. The summed E-state index contributed by atoms with van der Waals surface area (Å²) in [5.41, 5.74) is 2.18. The monoisotopic (exact) mass is 337 g/mol. The van der Waals surface area contributed by atoms with Crippen molar-refractivity contribution in [3.63, 3.8) is 0 Å². The number of aryl methyl sites for hydroxylation is 1. The summed E-state index contributed by atoms with van der Waals surface area (Å²) in [6.07, 6.45) is 2.10. The molecule has 0 bridgehead atoms. The van der Waals surface area contributed by atoms with Gasteiger partial charge in [0.25, 0.3) is 0 Å². The number of rotatable bonds is 2. The maximum atomic E-state index is 11.1. The lowest BCUT2D eigenvalue weighted by Gasteiger charge is -2.16. The molecule has 1 N–H and O–H groups in total. The Balaban J connectivity index is 1.91. The second-order valence-electron chi connectivity index (χ2n) is 4.67. The Morgan fingerprint density at radius 1 is 1.37 bits per heavy atom. The molecule has 0 saturated heterocycles. The third-order valence-electron chi connectivity index (χ3n) is 3.38. The fraction of sp³-hybridized carbons (Fsp3) is 0.286. The van der Waals surface area contributed by atoms with Crippen LogP contribution in [0.2, 0.25) is 0 Å². The molecule has 1 atom stereocenters. The summed E-state index contributed by atoms with van der Waals surface area (Å²) in [7, 11) is 0. The minimum Gasteiger partial charge on any atom is -0.481 e. The molecule has 1 aromatic heterocycles. The molecule has 1 heterocycles. The molecule has 98 valence electrons. The molecule has 3 rings (SSSR count). The van der Waals surface area contributed by atoms with E-state index in [4.69, 9.17) is 5.11 Å². The predicted molar refractivity (Wildman–Crippen MR) is 78.4 cm³/mol. The van der Waals surface area contributed by atoms with Gasteiger partial charge in [-0.05, 0) is 31.4 Å². The number of thiazole rings is 1. The predicted octanol–water partition coefficient (Wildman–Crippen LogP) is 3.76. The maximum absolute atomic E-state index is 11.1. The fourth-order valence-electron chi connectivity index (χ4n) is 2.30. The number of halogens is 1. The fourth-order valence-corrected chi connectivity index (χ4v) is 3.76. The van der Waals surface area contributed by atoms with Gasteiger partial charge in [0.1, 0.15) is 5.01 Å². The third kappa shape index (κ3) is 2.58. The smallest absolute Gasteiger partial charge is 0.306 e. The Morgan fingerprint density at radius 2 is 2.11 bits per heavy atom. The first-order valence-electron chi connectivity index (χ1n) is 6.11. The van der Waals surface area contributed by atoms with Crippen molar-refractivity contribution in [3.8, 4) is 10.6 Å². The number of benzene rings is 1. The largest absolute Gasteiger partial charge is 0.481 e. The van der Waals surface area contributed by atoms with Gasteiger partial charge in [0, 0.05) is 14.9 Å². The summed E-state index contributed by atoms with van der Waals surface area (Å²) in [6, 6.07) is 8.05. The highest BCUT2D eigenvalue weighted by molar-refractivity contribution is 9.10. The van der Waals surface area contributed by atoms with Gasteiger partial charge in [-0.25, -0.2) is 4.98 Å². The topological polar surface area (TPSA) is 50.2 Å². The molecule has 1 aliphatic rings. The Hall–Kier alpha value is -1.20. The molecule has 0 fully saturated rings. The van der Waals surface area contributed by atoms with Crippen molar-refractivity contribution < 1.29 is 9.90 Å². The number of aromatic nitrogens is 1. The number of carbonyl (C=O) groups is 1. The zero-order valence-electron chi connectivity index (χ0n) is 10.1. The van der Waals surface area contributed by atoms with Crippen LogP contribution in [0.3, 0.4) is 0 Å². The Labute approximate surface area is 123 Å². The first-order valence-corrected chi connectivity index (χ1v) is 7.72. The molecule has 3 nitrogen and oxygen atoms in total. The molecule has 1 unspecified atom stereocenters. The first kappa shape index (κ1) is 12.8. The van der Waals surface area contributed by atoms with Crippen LogP contribution in [0.4, 0.5) is 0 Å². The highest BCUT2D eigenvalue weighted by atomic mass is 79.9. The summed E-state index contributed by atoms with van der Waals surface area (Å²) in [5, 5.41) is 10.1. The van der Waals surface area contributed by atoms with E-state index >= 15 is 0 Å². The molecule has 1 aliphatic carbocycles. The lowest BCUT2D eigenvalue weighted by Crippen LogP contribution is -2.21. The Morgan fingerprint density at radius 3 is 2.79 bits per heavy atom. The van der Waals surface area contributed by atoms with Crippen molar-refractivity contribution in [2.45, 2.75) is 19.3 Å². The number of aliphatic carboxylic acids is 1. The minimum absolute atomic E-state index is 0.245. The van der Waals surface area contributed by atoms with E-state index in [1.54, 1.807) is 11.3 Å². The first-order chi connectivity index (χ1) is 9.13. The second kappa shape index (κ2) is 5.06. The molecule has 0 aliphatic heterocycles. The zero-order chi connectivity index (χ0) is 13.4. The van der Waals surface area contributed by atoms with Crippen molar-refractivity contribution in [3.05, 3.63) is 39.3 Å². The average Bonchev–Trinajstić information content (AvgIpc) is 2.82. The van der Waals surface area contributed by atoms with E-state index in [-0.39, 0.29) is 5.92 Å². The lowest BCUT2D eigenvalue weighted by molar-refractivity contribution is -0.142. The Kier molecular flexibility index (Phi) is 3.41. The highest BCUT2D eigenvalue weighted by Gasteiger charge is 2.27. The molecule has 0 amide bonds. The summed E-state index contributed by atoms with van der Waals surface area (Å²) >= 11 is 5.04. The van der Waals surface area contributed by atoms with Crippen LogP contribution in [0.5, 0.6) is 0 Å². The van der Waals surface area contributed by atoms with Gasteiger partial charge in [0.05, 0.1) is 11.6 Å². The SMILES string of the molecule is O=C(O)C1CCc2nc(-c3ccc(Br)cc3)sc2C1. The number of fused-ring (bicyclic) bond motifs is 1. The molecule has 1 aromatic carbocycles. The van der Waals surface area contributed by atoms with Crippen LogP contribution in [0.1, 0.15) is 17.0 Å². The molecular weight excluding hydrogens is 326 g/mol. The van der Waals surface area contributed by atoms with Crippen molar-refractivity contribution >= 4 is 33.2 Å². The molecule has 0 spiro atoms. The quantitative estimate of drug-likeness (QED) is 0.907. The third-order valence-corrected chi connectivity index (χ3v) is 5.08. The van der Waals surface area contributed by atoms with E-state index in [1.807, 2.05) is 24.3 Å². The maximum Gasteiger partial charge on any atom is 0.306 e. The Bertz CT molecular complexity index is 621. The summed E-state index contributed by atoms with van der Waals surface area (Å²) < 4.78 is 1.04. The minimum atomic E-state index is -0.691. The number of hydrogen-bond acceptors (Lipinski definition) is 3. The molecule has 0 saturated carbocycles. The van der Waals surface area contributed by atoms with E-state index in [0.717, 1.165) is 32.0 Å². The van der Waals surface area contributed by atoms with Gasteiger partial charge in [0.2, 0.25) is 0 Å². The molecule has 19 heavy (non-hydrogen) atoms. The summed E-state index contributed by atoms with van der Waals surface area (Å²) in [5.74, 6) is -0.935. The van der Waals surface area contributed by atoms with Gasteiger partial charge in [-0.15, -0.1) is 11.3 Å². The summed E-state index contributed by atoms with van der Waals surface area (Å²) in [6.45, 7) is 0. The van der Waals surface area contributed by atoms with Gasteiger partial charge in [-0.1, -0.05) is 28.1 Å². The molecule has 2 aromatic rings. The van der Waals surface area contributed by atoms with Crippen molar-refractivity contribution in [1.29, 1.82) is 0 Å². The van der Waals surface area contributed by atoms with Gasteiger partial charge in [-0.2, -0.15) is 0 Å². The van der Waals surface area contributed by atoms with Crippen LogP contribution in [0.25, 0.3) is 10.6 Å². The number of carboxylic acid groups (broad SMARTS) is 1. The number of hydrogen-bond donors (Lipinski definition) is 1. The van der Waals surface area contributed by atoms with Gasteiger partial charge in [0.15, 0.2) is 0 Å². The number of carboxylic acids is 1. The van der Waals surface area contributed by atoms with Gasteiger partial charge >= 0.3 is 5.97 Å². The van der Waals surface area contributed by atoms with E-state index < -0.39 is 5.97 Å². The van der Waals surface area contributed by atoms with E-state index in [1.165, 1.54) is 0 Å². The van der Waals surface area contributed by atoms with Crippen LogP contribution in [0, 0.1) is 5.92 Å². The van der Waals surface area contributed by atoms with Crippen LogP contribution in [-0.2, 0) is 17.6 Å². The van der Waals surface area contributed by atoms with Gasteiger partial charge in [-0.3, -0.25) is 4.79 Å². The van der Waals surface area contributed by atoms with Crippen LogP contribution in [-0.4, -0.2) is 16.1 Å². The highest BCUT2D eigenvalue weighted by Crippen LogP contribution is 2.35. The zero-order valence-corrected chi connectivity index (χ0v) is 12.5. The second-order valence-corrected chi connectivity index (χ2v) is 6.67. The van der Waals surface area contributed by atoms with E-state index in [2.05, 4.69) is 20.9 Å². The normalized spacial score (nSPS) is 18.1. The number of nitrogens with zero attached hydrogens (tertiary/aromatic N) is 1. The van der Waals surface area contributed by atoms with Crippen LogP contribution in [0.15, 0.2) is 28.7 Å². The standard InChI is InChI=1S/C14H12BrNO2S/c15-10-4-1-8(2-5-10)13-16-11-6-3-9(14(17)18)7-12(11)19-13/h1-2,4-5,9H,3,6-7H2,(H,17,18). The van der Waals surface area contributed by atoms with E-state index in [9.17, 15) is 4.79 Å². The van der Waals surface area contributed by atoms with Gasteiger partial charge < -0.3 is 5.11 Å². The van der Waals surface area contributed by atoms with Crippen LogP contribution < -0.4 is 0 Å². The molecule has 5 heteroatoms. The van der Waals surface area contributed by atoms with Crippen molar-refractivity contribution in [2.75, 3.05) is 0 Å². The lowest BCUT2D eigenvalue weighted by atomic mass is 9.91. The van der Waals surface area contributed by atoms with E-state index in [0.29, 0.717) is 12.8 Å². The summed E-state index contributed by atoms with van der Waals surface area (Å²) in [4.78, 5) is 16.8. The average molecular weight is 338 g/mol. The van der Waals surface area contributed by atoms with Crippen molar-refractivity contribution in [1.82, 2.24) is 4.98 Å². The van der Waals surface area contributed by atoms with Crippen LogP contribution >= 0.6 is 27.3 Å².